The van der Waals surface area contributed by atoms with Crippen molar-refractivity contribution in [3.05, 3.63) is 71.9 Å². The van der Waals surface area contributed by atoms with E-state index in [0.717, 1.165) is 16.6 Å². The van der Waals surface area contributed by atoms with E-state index in [4.69, 9.17) is 9.84 Å². The number of ether oxygens (including phenoxy) is 1. The zero-order chi connectivity index (χ0) is 17.6. The maximum absolute atomic E-state index is 10.6. The van der Waals surface area contributed by atoms with Gasteiger partial charge in [0, 0.05) is 11.8 Å². The number of aliphatic carboxylic acids is 1. The van der Waals surface area contributed by atoms with Gasteiger partial charge >= 0.3 is 5.97 Å². The SMILES string of the molecule is O=C(O)CCC(O)c1cccc(OCc2ccc3ccccc3n2)c1. The number of aliphatic hydroxyl groups is 1. The number of aromatic nitrogens is 1. The molecule has 0 saturated carbocycles. The molecule has 0 saturated heterocycles. The standard InChI is InChI=1S/C20H19NO4/c22-19(10-11-20(23)24)15-5-3-6-17(12-15)25-13-16-9-8-14-4-1-2-7-18(14)21-16/h1-9,12,19,22H,10-11,13H2,(H,23,24). The molecule has 3 rings (SSSR count). The molecule has 2 N–H and O–H groups in total. The minimum absolute atomic E-state index is 0.0761. The number of fused-ring (bicyclic) bond motifs is 1. The van der Waals surface area contributed by atoms with Crippen LogP contribution in [0.4, 0.5) is 0 Å². The maximum Gasteiger partial charge on any atom is 0.303 e. The summed E-state index contributed by atoms with van der Waals surface area (Å²) in [5, 5.41) is 19.9. The fourth-order valence-electron chi connectivity index (χ4n) is 2.58. The van der Waals surface area contributed by atoms with Gasteiger partial charge in [-0.2, -0.15) is 0 Å². The molecule has 0 fully saturated rings. The van der Waals surface area contributed by atoms with Crippen LogP contribution in [0.25, 0.3) is 10.9 Å². The highest BCUT2D eigenvalue weighted by Gasteiger charge is 2.11. The minimum atomic E-state index is -0.922. The lowest BCUT2D eigenvalue weighted by Crippen LogP contribution is -2.03. The quantitative estimate of drug-likeness (QED) is 0.687. The monoisotopic (exact) mass is 337 g/mol. The lowest BCUT2D eigenvalue weighted by atomic mass is 10.0. The molecule has 1 heterocycles. The molecular formula is C20H19NO4. The normalized spacial score (nSPS) is 12.0. The second-order valence-corrected chi connectivity index (χ2v) is 5.80. The molecule has 1 unspecified atom stereocenters. The first-order valence-electron chi connectivity index (χ1n) is 8.09. The maximum atomic E-state index is 10.6. The van der Waals surface area contributed by atoms with Gasteiger partial charge in [0.25, 0.3) is 0 Å². The summed E-state index contributed by atoms with van der Waals surface area (Å²) in [6.07, 6.45) is -0.725. The number of pyridine rings is 1. The molecule has 2 aromatic carbocycles. The minimum Gasteiger partial charge on any atom is -0.487 e. The van der Waals surface area contributed by atoms with Crippen LogP contribution >= 0.6 is 0 Å². The lowest BCUT2D eigenvalue weighted by molar-refractivity contribution is -0.137. The van der Waals surface area contributed by atoms with Crippen molar-refractivity contribution in [1.82, 2.24) is 4.98 Å². The number of hydrogen-bond acceptors (Lipinski definition) is 4. The molecule has 25 heavy (non-hydrogen) atoms. The third-order valence-corrected chi connectivity index (χ3v) is 3.92. The van der Waals surface area contributed by atoms with Gasteiger partial charge in [-0.25, -0.2) is 4.98 Å². The molecule has 1 aromatic heterocycles. The summed E-state index contributed by atoms with van der Waals surface area (Å²) in [5.41, 5.74) is 2.38. The largest absolute Gasteiger partial charge is 0.487 e. The van der Waals surface area contributed by atoms with Gasteiger partial charge in [0.2, 0.25) is 0 Å². The van der Waals surface area contributed by atoms with Gasteiger partial charge in [0.1, 0.15) is 12.4 Å². The smallest absolute Gasteiger partial charge is 0.303 e. The number of carboxylic acid groups (broad SMARTS) is 1. The Bertz CT molecular complexity index is 878. The Hall–Kier alpha value is -2.92. The molecule has 0 aliphatic rings. The topological polar surface area (TPSA) is 79.7 Å². The van der Waals surface area contributed by atoms with E-state index in [9.17, 15) is 9.90 Å². The van der Waals surface area contributed by atoms with E-state index in [0.29, 0.717) is 17.9 Å². The highest BCUT2D eigenvalue weighted by molar-refractivity contribution is 5.78. The number of nitrogens with zero attached hydrogens (tertiary/aromatic N) is 1. The number of para-hydroxylation sites is 1. The number of rotatable bonds is 7. The summed E-state index contributed by atoms with van der Waals surface area (Å²) in [6.45, 7) is 0.319. The van der Waals surface area contributed by atoms with Gasteiger partial charge in [-0.1, -0.05) is 36.4 Å². The molecular weight excluding hydrogens is 318 g/mol. The first kappa shape index (κ1) is 16.9. The van der Waals surface area contributed by atoms with E-state index in [2.05, 4.69) is 4.98 Å². The Balaban J connectivity index is 1.66. The molecule has 5 heteroatoms. The second-order valence-electron chi connectivity index (χ2n) is 5.80. The third kappa shape index (κ3) is 4.55. The van der Waals surface area contributed by atoms with Crippen LogP contribution in [0, 0.1) is 0 Å². The number of carboxylic acids is 1. The van der Waals surface area contributed by atoms with Crippen LogP contribution in [0.1, 0.15) is 30.2 Å². The molecule has 0 amide bonds. The summed E-state index contributed by atoms with van der Waals surface area (Å²) in [5.74, 6) is -0.310. The Morgan fingerprint density at radius 1 is 1.08 bits per heavy atom. The summed E-state index contributed by atoms with van der Waals surface area (Å²) in [4.78, 5) is 15.2. The first-order chi connectivity index (χ1) is 12.1. The molecule has 3 aromatic rings. The molecule has 5 nitrogen and oxygen atoms in total. The second kappa shape index (κ2) is 7.77. The van der Waals surface area contributed by atoms with Crippen LogP contribution in [-0.2, 0) is 11.4 Å². The highest BCUT2D eigenvalue weighted by atomic mass is 16.5. The van der Waals surface area contributed by atoms with Crippen LogP contribution < -0.4 is 4.74 Å². The lowest BCUT2D eigenvalue weighted by Gasteiger charge is -2.12. The van der Waals surface area contributed by atoms with Crippen LogP contribution in [0.15, 0.2) is 60.7 Å². The fraction of sp³-hybridized carbons (Fsp3) is 0.200. The van der Waals surface area contributed by atoms with Crippen molar-refractivity contribution in [3.63, 3.8) is 0 Å². The number of carbonyl (C=O) groups is 1. The van der Waals surface area contributed by atoms with Crippen molar-refractivity contribution in [2.24, 2.45) is 0 Å². The van der Waals surface area contributed by atoms with E-state index < -0.39 is 12.1 Å². The zero-order valence-electron chi connectivity index (χ0n) is 13.6. The van der Waals surface area contributed by atoms with Gasteiger partial charge in [0.05, 0.1) is 17.3 Å². The third-order valence-electron chi connectivity index (χ3n) is 3.92. The van der Waals surface area contributed by atoms with Crippen LogP contribution in [0.2, 0.25) is 0 Å². The van der Waals surface area contributed by atoms with Gasteiger partial charge < -0.3 is 14.9 Å². The predicted octanol–water partition coefficient (Wildman–Crippen LogP) is 3.71. The Morgan fingerprint density at radius 3 is 2.76 bits per heavy atom. The molecule has 0 radical (unpaired) electrons. The molecule has 0 spiro atoms. The summed E-state index contributed by atoms with van der Waals surface area (Å²) < 4.78 is 5.77. The van der Waals surface area contributed by atoms with E-state index in [1.807, 2.05) is 36.4 Å². The van der Waals surface area contributed by atoms with Crippen molar-refractivity contribution in [3.8, 4) is 5.75 Å². The van der Waals surface area contributed by atoms with Crippen molar-refractivity contribution >= 4 is 16.9 Å². The molecule has 128 valence electrons. The average Bonchev–Trinajstić information content (AvgIpc) is 2.64. The van der Waals surface area contributed by atoms with Crippen LogP contribution in [0.5, 0.6) is 5.75 Å². The van der Waals surface area contributed by atoms with E-state index >= 15 is 0 Å². The van der Waals surface area contributed by atoms with Gasteiger partial charge in [-0.15, -0.1) is 0 Å². The van der Waals surface area contributed by atoms with Crippen molar-refractivity contribution in [1.29, 1.82) is 0 Å². The molecule has 0 aliphatic heterocycles. The van der Waals surface area contributed by atoms with Crippen LogP contribution in [0.3, 0.4) is 0 Å². The summed E-state index contributed by atoms with van der Waals surface area (Å²) >= 11 is 0. The Kier molecular flexibility index (Phi) is 5.26. The molecule has 0 aliphatic carbocycles. The van der Waals surface area contributed by atoms with Crippen molar-refractivity contribution in [2.75, 3.05) is 0 Å². The number of aliphatic hydroxyl groups excluding tert-OH is 1. The number of hydrogen-bond donors (Lipinski definition) is 2. The average molecular weight is 337 g/mol. The van der Waals surface area contributed by atoms with Crippen molar-refractivity contribution < 1.29 is 19.7 Å². The first-order valence-corrected chi connectivity index (χ1v) is 8.09. The van der Waals surface area contributed by atoms with E-state index in [1.165, 1.54) is 0 Å². The van der Waals surface area contributed by atoms with E-state index in [1.54, 1.807) is 24.3 Å². The van der Waals surface area contributed by atoms with Crippen molar-refractivity contribution in [2.45, 2.75) is 25.6 Å². The van der Waals surface area contributed by atoms with Gasteiger partial charge in [-0.3, -0.25) is 4.79 Å². The fourth-order valence-corrected chi connectivity index (χ4v) is 2.58. The predicted molar refractivity (Wildman–Crippen MR) is 94.3 cm³/mol. The van der Waals surface area contributed by atoms with E-state index in [-0.39, 0.29) is 12.8 Å². The Morgan fingerprint density at radius 2 is 1.92 bits per heavy atom. The molecule has 0 bridgehead atoms. The Labute approximate surface area is 145 Å². The zero-order valence-corrected chi connectivity index (χ0v) is 13.6. The van der Waals surface area contributed by atoms with Gasteiger partial charge in [-0.05, 0) is 36.2 Å². The summed E-state index contributed by atoms with van der Waals surface area (Å²) in [7, 11) is 0. The molecule has 1 atom stereocenters. The number of benzene rings is 2. The highest BCUT2D eigenvalue weighted by Crippen LogP contribution is 2.23. The van der Waals surface area contributed by atoms with Gasteiger partial charge in [0.15, 0.2) is 0 Å². The van der Waals surface area contributed by atoms with Crippen LogP contribution in [-0.4, -0.2) is 21.2 Å². The summed E-state index contributed by atoms with van der Waals surface area (Å²) in [6, 6.07) is 18.9.